The predicted molar refractivity (Wildman–Crippen MR) is 556 cm³/mol. The molecule has 24 nitrogen and oxygen atoms in total. The molecule has 0 saturated heterocycles. The van der Waals surface area contributed by atoms with Gasteiger partial charge in [-0.25, -0.2) is 39.3 Å². The summed E-state index contributed by atoms with van der Waals surface area (Å²) in [7, 11) is 0. The fraction of sp³-hybridized carbons (Fsp3) is 0. The zero-order valence-corrected chi connectivity index (χ0v) is 75.4. The van der Waals surface area contributed by atoms with Gasteiger partial charge < -0.3 is 0 Å². The average molecular weight is 1840 g/mol. The van der Waals surface area contributed by atoms with E-state index >= 15 is 0 Å². The monoisotopic (exact) mass is 1840 g/mol. The highest BCUT2D eigenvalue weighted by Crippen LogP contribution is 2.52. The van der Waals surface area contributed by atoms with Crippen LogP contribution in [0.3, 0.4) is 0 Å². The van der Waals surface area contributed by atoms with E-state index in [4.69, 9.17) is 66.2 Å². The molecule has 0 fully saturated rings. The molecule has 24 rings (SSSR count). The number of nitrogens with zero attached hydrogens (tertiary/aromatic N) is 24. The molecule has 0 amide bonds. The first-order valence-corrected chi connectivity index (χ1v) is 45.1. The van der Waals surface area contributed by atoms with Crippen LogP contribution in [-0.4, -0.2) is 79.7 Å². The lowest BCUT2D eigenvalue weighted by atomic mass is 9.82. The van der Waals surface area contributed by atoms with Gasteiger partial charge in [-0.05, 0) is 269 Å². The van der Waals surface area contributed by atoms with Gasteiger partial charge in [0, 0.05) is 119 Å². The summed E-state index contributed by atoms with van der Waals surface area (Å²) in [4.78, 5) is 91.1. The van der Waals surface area contributed by atoms with Gasteiger partial charge in [-0.1, -0.05) is 109 Å². The Morgan fingerprint density at radius 2 is 0.410 bits per heavy atom. The molecule has 0 unspecified atom stereocenters. The average Bonchev–Trinajstić information content (AvgIpc) is 0.708. The third kappa shape index (κ3) is 16.0. The number of nitriles is 4. The van der Waals surface area contributed by atoms with Crippen LogP contribution in [-0.2, 0) is 0 Å². The van der Waals surface area contributed by atoms with Crippen LogP contribution in [0.4, 0.5) is 22.7 Å². The number of rotatable bonds is 16. The highest BCUT2D eigenvalue weighted by Gasteiger charge is 2.28. The van der Waals surface area contributed by atoms with Crippen molar-refractivity contribution in [2.24, 2.45) is 0 Å². The molecular weight excluding hydrogens is 1780 g/mol. The van der Waals surface area contributed by atoms with Crippen LogP contribution in [0.15, 0.2) is 366 Å². The summed E-state index contributed by atoms with van der Waals surface area (Å²) in [6.45, 7) is 30.0. The summed E-state index contributed by atoms with van der Waals surface area (Å²) < 4.78 is 0. The predicted octanol–water partition coefficient (Wildman–Crippen LogP) is 27.8. The topological polar surface area (TPSA) is 319 Å². The van der Waals surface area contributed by atoms with Crippen LogP contribution in [0.1, 0.15) is 22.3 Å². The lowest BCUT2D eigenvalue weighted by Gasteiger charge is -2.21. The lowest BCUT2D eigenvalue weighted by molar-refractivity contribution is 1.24. The molecule has 0 radical (unpaired) electrons. The van der Waals surface area contributed by atoms with Gasteiger partial charge in [0.15, 0.2) is 11.4 Å². The molecule has 144 heavy (non-hydrogen) atoms. The number of hydrogen-bond acceptors (Lipinski definition) is 20. The summed E-state index contributed by atoms with van der Waals surface area (Å²) in [5.41, 5.74) is 27.4. The van der Waals surface area contributed by atoms with Gasteiger partial charge >= 0.3 is 0 Å². The molecule has 0 aliphatic heterocycles. The van der Waals surface area contributed by atoms with E-state index in [1.54, 1.807) is 135 Å². The van der Waals surface area contributed by atoms with Crippen LogP contribution in [0.2, 0.25) is 0 Å². The van der Waals surface area contributed by atoms with Crippen LogP contribution >= 0.6 is 0 Å². The van der Waals surface area contributed by atoms with Crippen LogP contribution in [0.5, 0.6) is 0 Å². The van der Waals surface area contributed by atoms with E-state index < -0.39 is 0 Å². The molecule has 8 aromatic carbocycles. The fourth-order valence-electron chi connectivity index (χ4n) is 18.5. The van der Waals surface area contributed by atoms with Gasteiger partial charge in [-0.2, -0.15) is 21.0 Å². The van der Waals surface area contributed by atoms with Crippen molar-refractivity contribution in [1.29, 1.82) is 21.0 Å². The first kappa shape index (κ1) is 86.3. The van der Waals surface area contributed by atoms with E-state index in [1.165, 1.54) is 0 Å². The van der Waals surface area contributed by atoms with Gasteiger partial charge in [0.25, 0.3) is 0 Å². The maximum Gasteiger partial charge on any atom is 0.205 e. The van der Waals surface area contributed by atoms with E-state index in [0.29, 0.717) is 159 Å². The largest absolute Gasteiger partial charge is 0.266 e. The van der Waals surface area contributed by atoms with Crippen LogP contribution in [0, 0.1) is 71.6 Å². The summed E-state index contributed by atoms with van der Waals surface area (Å²) in [6.07, 6.45) is 20.2. The molecule has 0 aliphatic rings. The second-order valence-electron chi connectivity index (χ2n) is 33.6. The van der Waals surface area contributed by atoms with Gasteiger partial charge in [0.05, 0.1) is 175 Å². The van der Waals surface area contributed by atoms with Crippen LogP contribution in [0.25, 0.3) is 265 Å². The zero-order chi connectivity index (χ0) is 97.4. The molecule has 24 aromatic rings. The van der Waals surface area contributed by atoms with Crippen molar-refractivity contribution >= 4 is 87.4 Å². The third-order valence-electron chi connectivity index (χ3n) is 25.4. The van der Waals surface area contributed by atoms with E-state index in [9.17, 15) is 21.0 Å². The molecular formula is C120H60N24. The maximum absolute atomic E-state index is 9.75. The Bertz CT molecular complexity index is 8610. The number of pyridine rings is 16. The van der Waals surface area contributed by atoms with Crippen molar-refractivity contribution in [2.75, 3.05) is 0 Å². The molecule has 16 heterocycles. The van der Waals surface area contributed by atoms with Gasteiger partial charge in [0.2, 0.25) is 11.4 Å². The molecule has 0 bridgehead atoms. The van der Waals surface area contributed by atoms with Crippen molar-refractivity contribution in [1.82, 2.24) is 79.7 Å². The van der Waals surface area contributed by atoms with Crippen molar-refractivity contribution in [2.45, 2.75) is 0 Å². The van der Waals surface area contributed by atoms with E-state index in [1.807, 2.05) is 134 Å². The van der Waals surface area contributed by atoms with Crippen molar-refractivity contribution in [3.05, 3.63) is 433 Å². The van der Waals surface area contributed by atoms with Crippen molar-refractivity contribution in [3.8, 4) is 205 Å². The summed E-state index contributed by atoms with van der Waals surface area (Å²) in [6, 6.07) is 102. The molecule has 16 aromatic heterocycles. The Balaban J connectivity index is 0.000000159. The van der Waals surface area contributed by atoms with Gasteiger partial charge in [-0.3, -0.25) is 59.8 Å². The number of aromatic nitrogens is 16. The van der Waals surface area contributed by atoms with E-state index in [0.717, 1.165) is 131 Å². The quantitative estimate of drug-likeness (QED) is 0.0641. The molecule has 0 N–H and O–H groups in total. The molecule has 660 valence electrons. The number of hydrogen-bond donors (Lipinski definition) is 0. The molecule has 0 atom stereocenters. The second kappa shape index (κ2) is 36.8. The standard InChI is InChI=1S/2C60H30N12/c1-63-41-9-21-57(71-33-41)55-19-7-39(31-69-55)49-23-47(37-5-17-53(67-29-37)51-15-3-35(25-61)27-65-51)43-11-12-44-48(38-6-18-54(68-30-38)52-16-4-36(26-62)28-66-52)24-50(46-14-13-45(49)59(43)60(44)46)40-8-20-56(70-32-40)58-22-10-42(64-2)34-72-58;1-63-37-21-25-67-57(29-37)53-13-5-9-49(71-53)45-31-43(47-7-3-11-51(69-47)55-27-35(33-61)19-23-65-55)39-15-16-40-44(48-8-4-12-52(70-48)56-28-36(34-62)20-24-66-56)32-46(42-18-17-41(45)59(39)60(40)42)50-10-6-14-54(72-50)58-30-38(64-2)22-26-68-58/h3-24,27-34H;3-32H. The second-order valence-corrected chi connectivity index (χ2v) is 33.6. The lowest BCUT2D eigenvalue weighted by Crippen LogP contribution is -1.98. The Kier molecular flexibility index (Phi) is 22.0. The summed E-state index contributed by atoms with van der Waals surface area (Å²) in [5, 5.41) is 50.1. The van der Waals surface area contributed by atoms with E-state index in [-0.39, 0.29) is 0 Å². The first-order chi connectivity index (χ1) is 70.9. The number of benzene rings is 8. The molecule has 0 spiro atoms. The minimum Gasteiger partial charge on any atom is -0.266 e. The smallest absolute Gasteiger partial charge is 0.205 e. The molecule has 0 saturated carbocycles. The highest BCUT2D eigenvalue weighted by atomic mass is 14.9. The Labute approximate surface area is 821 Å². The minimum absolute atomic E-state index is 0.460. The first-order valence-electron chi connectivity index (χ1n) is 45.1. The molecule has 24 heteroatoms. The third-order valence-corrected chi connectivity index (χ3v) is 25.4. The summed E-state index contributed by atoms with van der Waals surface area (Å²) >= 11 is 0. The molecule has 0 aliphatic carbocycles. The highest BCUT2D eigenvalue weighted by molar-refractivity contribution is 6.34. The normalized spacial score (nSPS) is 11.0. The Hall–Kier alpha value is -21.8. The SMILES string of the molecule is [C-]#[N+]c1ccc(-c2ccc(-c3cc(-c4ccc(-c5ccc(C#N)cn5)nc4)c4ccc5c(-c6ccc(-c7ccc(C#N)cn7)nc6)cc(-c6ccc(-c7ccc([N+]#[C-])cn7)nc6)c6ccc3c4c56)cn2)nc1.[C-]#[N+]c1ccnc(-c2cccc(-c3cc(-c4cccc(-c5cc(C#N)ccn5)n4)c4ccc5c(-c6cccc(-c7cc(C#N)ccn7)n6)cc(-c6cccc(-c7cc([N+]#[C-])ccn7)n6)c6ccc3c4c56)n2)c1. The minimum atomic E-state index is 0.460. The van der Waals surface area contributed by atoms with Gasteiger partial charge in [0.1, 0.15) is 12.1 Å². The zero-order valence-electron chi connectivity index (χ0n) is 75.4. The Morgan fingerprint density at radius 3 is 0.653 bits per heavy atom. The summed E-state index contributed by atoms with van der Waals surface area (Å²) in [5.74, 6) is 0. The Morgan fingerprint density at radius 1 is 0.174 bits per heavy atom. The van der Waals surface area contributed by atoms with Crippen molar-refractivity contribution < 1.29 is 0 Å². The maximum atomic E-state index is 9.75. The van der Waals surface area contributed by atoms with Crippen LogP contribution < -0.4 is 0 Å². The fourth-order valence-corrected chi connectivity index (χ4v) is 18.5. The van der Waals surface area contributed by atoms with Gasteiger partial charge in [-0.15, -0.1) is 0 Å². The van der Waals surface area contributed by atoms with Crippen molar-refractivity contribution in [3.63, 3.8) is 0 Å². The van der Waals surface area contributed by atoms with E-state index in [2.05, 4.69) is 181 Å².